The maximum atomic E-state index is 12.8. The summed E-state index contributed by atoms with van der Waals surface area (Å²) < 4.78 is 11.3. The molecule has 0 saturated carbocycles. The molecule has 0 aliphatic carbocycles. The van der Waals surface area contributed by atoms with Gasteiger partial charge in [-0.25, -0.2) is 9.78 Å². The zero-order valence-corrected chi connectivity index (χ0v) is 20.0. The molecule has 0 bridgehead atoms. The fourth-order valence-corrected chi connectivity index (χ4v) is 3.97. The highest BCUT2D eigenvalue weighted by Gasteiger charge is 2.16. The summed E-state index contributed by atoms with van der Waals surface area (Å²) in [7, 11) is 0. The Kier molecular flexibility index (Phi) is 6.54. The number of aromatic nitrogens is 2. The lowest BCUT2D eigenvalue weighted by molar-refractivity contribution is 0.0472. The van der Waals surface area contributed by atoms with Crippen LogP contribution in [0, 0.1) is 22.7 Å². The van der Waals surface area contributed by atoms with Gasteiger partial charge in [0.05, 0.1) is 38.8 Å². The number of furan rings is 1. The van der Waals surface area contributed by atoms with Gasteiger partial charge in [-0.1, -0.05) is 41.9 Å². The van der Waals surface area contributed by atoms with Gasteiger partial charge in [0.2, 0.25) is 0 Å². The average molecular weight is 505 g/mol. The van der Waals surface area contributed by atoms with Crippen molar-refractivity contribution >= 4 is 40.3 Å². The number of rotatable bonds is 6. The molecule has 0 unspecified atom stereocenters. The van der Waals surface area contributed by atoms with Crippen LogP contribution in [0.4, 0.5) is 0 Å². The van der Waals surface area contributed by atoms with Crippen LogP contribution in [-0.4, -0.2) is 15.9 Å². The monoisotopic (exact) mass is 504 g/mol. The van der Waals surface area contributed by atoms with Crippen molar-refractivity contribution in [3.63, 3.8) is 0 Å². The van der Waals surface area contributed by atoms with Crippen molar-refractivity contribution < 1.29 is 13.9 Å². The number of aromatic amines is 1. The number of benzene rings is 3. The smallest absolute Gasteiger partial charge is 0.340 e. The van der Waals surface area contributed by atoms with E-state index < -0.39 is 5.97 Å². The lowest BCUT2D eigenvalue weighted by atomic mass is 10.1. The van der Waals surface area contributed by atoms with Crippen molar-refractivity contribution in [1.29, 1.82) is 10.5 Å². The Hall–Kier alpha value is -5.11. The number of allylic oxidation sites excluding steroid dienone is 1. The number of fused-ring (bicyclic) bond motifs is 1. The second-order valence-corrected chi connectivity index (χ2v) is 8.42. The minimum absolute atomic E-state index is 0.0580. The van der Waals surface area contributed by atoms with Crippen molar-refractivity contribution in [3.8, 4) is 23.5 Å². The molecule has 5 aromatic rings. The van der Waals surface area contributed by atoms with Crippen LogP contribution >= 0.6 is 11.6 Å². The number of nitrogens with zero attached hydrogens (tertiary/aromatic N) is 3. The summed E-state index contributed by atoms with van der Waals surface area (Å²) >= 11 is 6.27. The number of H-pyrrole nitrogens is 1. The lowest BCUT2D eigenvalue weighted by Crippen LogP contribution is -2.07. The van der Waals surface area contributed by atoms with Gasteiger partial charge in [-0.15, -0.1) is 0 Å². The number of hydrogen-bond donors (Lipinski definition) is 1. The van der Waals surface area contributed by atoms with Gasteiger partial charge < -0.3 is 14.1 Å². The van der Waals surface area contributed by atoms with E-state index in [1.165, 1.54) is 0 Å². The molecule has 1 N–H and O–H groups in total. The van der Waals surface area contributed by atoms with Crippen molar-refractivity contribution in [2.45, 2.75) is 6.61 Å². The minimum Gasteiger partial charge on any atom is -0.457 e. The fraction of sp³-hybridized carbons (Fsp3) is 0.0345. The molecule has 0 spiro atoms. The molecule has 0 atom stereocenters. The summed E-state index contributed by atoms with van der Waals surface area (Å²) in [5.41, 5.74) is 3.72. The van der Waals surface area contributed by atoms with E-state index in [0.29, 0.717) is 39.6 Å². The number of carbonyl (C=O) groups is 1. The number of ether oxygens (including phenoxy) is 1. The van der Waals surface area contributed by atoms with Gasteiger partial charge in [0.1, 0.15) is 30.0 Å². The molecular formula is C29H17ClN4O3. The molecule has 0 aliphatic rings. The van der Waals surface area contributed by atoms with Gasteiger partial charge in [0, 0.05) is 17.2 Å². The van der Waals surface area contributed by atoms with Gasteiger partial charge >= 0.3 is 5.97 Å². The van der Waals surface area contributed by atoms with E-state index in [0.717, 1.165) is 11.0 Å². The molecule has 0 radical (unpaired) electrons. The first-order valence-corrected chi connectivity index (χ1v) is 11.6. The van der Waals surface area contributed by atoms with Crippen molar-refractivity contribution in [2.75, 3.05) is 0 Å². The second kappa shape index (κ2) is 10.2. The van der Waals surface area contributed by atoms with E-state index in [2.05, 4.69) is 22.1 Å². The van der Waals surface area contributed by atoms with Crippen LogP contribution in [0.25, 0.3) is 34.0 Å². The summed E-state index contributed by atoms with van der Waals surface area (Å²) in [6, 6.07) is 27.0. The highest BCUT2D eigenvalue weighted by molar-refractivity contribution is 6.33. The number of hydrogen-bond acceptors (Lipinski definition) is 6. The number of halogens is 1. The molecule has 0 saturated heterocycles. The highest BCUT2D eigenvalue weighted by atomic mass is 35.5. The van der Waals surface area contributed by atoms with Crippen molar-refractivity contribution in [3.05, 3.63) is 112 Å². The van der Waals surface area contributed by atoms with Crippen LogP contribution in [0.5, 0.6) is 0 Å². The van der Waals surface area contributed by atoms with Crippen LogP contribution in [0.15, 0.2) is 83.3 Å². The first kappa shape index (κ1) is 23.6. The molecule has 0 amide bonds. The molecule has 0 aliphatic heterocycles. The van der Waals surface area contributed by atoms with E-state index in [9.17, 15) is 15.3 Å². The summed E-state index contributed by atoms with van der Waals surface area (Å²) in [6.45, 7) is -0.0580. The maximum absolute atomic E-state index is 12.8. The lowest BCUT2D eigenvalue weighted by Gasteiger charge is -2.08. The number of carbonyl (C=O) groups excluding carboxylic acids is 1. The van der Waals surface area contributed by atoms with E-state index >= 15 is 0 Å². The van der Waals surface area contributed by atoms with Crippen LogP contribution in [0.2, 0.25) is 5.02 Å². The van der Waals surface area contributed by atoms with Gasteiger partial charge in [-0.2, -0.15) is 10.5 Å². The second-order valence-electron chi connectivity index (χ2n) is 8.01. The Morgan fingerprint density at radius 3 is 2.68 bits per heavy atom. The molecule has 2 aromatic heterocycles. The van der Waals surface area contributed by atoms with Gasteiger partial charge in [-0.3, -0.25) is 0 Å². The minimum atomic E-state index is -0.622. The molecule has 178 valence electrons. The quantitative estimate of drug-likeness (QED) is 0.201. The average Bonchev–Trinajstić information content (AvgIpc) is 3.58. The number of para-hydroxylation sites is 2. The summed E-state index contributed by atoms with van der Waals surface area (Å²) in [5, 5.41) is 19.1. The van der Waals surface area contributed by atoms with Gasteiger partial charge in [0.25, 0.3) is 0 Å². The van der Waals surface area contributed by atoms with Crippen LogP contribution in [-0.2, 0) is 11.3 Å². The number of esters is 1. The van der Waals surface area contributed by atoms with E-state index in [1.54, 1.807) is 60.7 Å². The molecule has 3 aromatic carbocycles. The van der Waals surface area contributed by atoms with Crippen LogP contribution in [0.1, 0.15) is 33.1 Å². The van der Waals surface area contributed by atoms with Crippen molar-refractivity contribution in [1.82, 2.24) is 9.97 Å². The molecule has 37 heavy (non-hydrogen) atoms. The predicted molar refractivity (Wildman–Crippen MR) is 139 cm³/mol. The summed E-state index contributed by atoms with van der Waals surface area (Å²) in [6.07, 6.45) is 1.60. The fourth-order valence-electron chi connectivity index (χ4n) is 3.77. The zero-order valence-electron chi connectivity index (χ0n) is 19.2. The Morgan fingerprint density at radius 1 is 1.05 bits per heavy atom. The van der Waals surface area contributed by atoms with Crippen LogP contribution in [0.3, 0.4) is 0 Å². The Balaban J connectivity index is 1.37. The molecule has 7 nitrogen and oxygen atoms in total. The molecule has 2 heterocycles. The topological polar surface area (TPSA) is 116 Å². The molecule has 5 rings (SSSR count). The maximum Gasteiger partial charge on any atom is 0.340 e. The zero-order chi connectivity index (χ0) is 25.8. The van der Waals surface area contributed by atoms with Gasteiger partial charge in [0.15, 0.2) is 0 Å². The molecular weight excluding hydrogens is 488 g/mol. The third-order valence-corrected chi connectivity index (χ3v) is 5.98. The Bertz CT molecular complexity index is 1720. The summed E-state index contributed by atoms with van der Waals surface area (Å²) in [4.78, 5) is 20.4. The van der Waals surface area contributed by atoms with E-state index in [4.69, 9.17) is 20.8 Å². The Morgan fingerprint density at radius 2 is 1.86 bits per heavy atom. The van der Waals surface area contributed by atoms with E-state index in [1.807, 2.05) is 24.3 Å². The SMILES string of the molecule is N#CC(=Cc1ccc(-c2ccc(Cl)c(C(=O)OCc3ccccc3C#N)c2)o1)c1nc2ccccc2[nH]1. The standard InChI is InChI=1S/C29H17ClN4O3/c30-24-11-9-18(14-23(24)29(35)36-17-20-6-2-1-5-19(20)15-31)27-12-10-22(37-27)13-21(16-32)28-33-25-7-3-4-8-26(25)34-28/h1-14H,17H2,(H,33,34). The first-order valence-electron chi connectivity index (χ1n) is 11.2. The molecule has 8 heteroatoms. The van der Waals surface area contributed by atoms with Crippen molar-refractivity contribution in [2.24, 2.45) is 0 Å². The highest BCUT2D eigenvalue weighted by Crippen LogP contribution is 2.29. The summed E-state index contributed by atoms with van der Waals surface area (Å²) in [5.74, 6) is 0.743. The van der Waals surface area contributed by atoms with Crippen LogP contribution < -0.4 is 0 Å². The first-order chi connectivity index (χ1) is 18.1. The number of nitriles is 2. The largest absolute Gasteiger partial charge is 0.457 e. The number of nitrogens with one attached hydrogen (secondary N) is 1. The Labute approximate surface area is 216 Å². The van der Waals surface area contributed by atoms with E-state index in [-0.39, 0.29) is 17.2 Å². The third kappa shape index (κ3) is 4.99. The number of imidazole rings is 1. The normalized spacial score (nSPS) is 11.2. The molecule has 0 fully saturated rings. The predicted octanol–water partition coefficient (Wildman–Crippen LogP) is 6.77. The third-order valence-electron chi connectivity index (χ3n) is 5.65. The van der Waals surface area contributed by atoms with Gasteiger partial charge in [-0.05, 0) is 48.5 Å².